The molecule has 50 heteroatoms. The SMILES string of the molecule is CC[C@H](C)[C@H](NC(=O)[C@@H](NC(=O)CNC(=O)CNC(=O)[C@H](Cc1cnc[nH]1)NC(=O)[C@@H]1CCCN1C(=O)[C@H](CS)NC(=O)[C@@H](NC(=O)[C@H](CCCCN)NC(=O)[C@@H]1CCCN1)[C@@H](C)O)C(C)C)C(=O)N1CCC[C@H]1C(=O)N[C@@H](CCCN=C(N)N)C(=O)NCC(=O)N[C@@H](CC(N)=O)C(=O)N[C@@H](CO)C(=O)N[C@@H](CC(=O)O)C(=O)N[C@@H](C)C(=O)N[C@@H](C)C(=O)O. The van der Waals surface area contributed by atoms with Gasteiger partial charge in [0.1, 0.15) is 84.6 Å². The number of carboxylic acid groups (broad SMARTS) is 2. The van der Waals surface area contributed by atoms with Crippen LogP contribution in [0.25, 0.3) is 0 Å². The van der Waals surface area contributed by atoms with Gasteiger partial charge in [-0.1, -0.05) is 34.1 Å². The van der Waals surface area contributed by atoms with Crippen molar-refractivity contribution in [2.24, 2.45) is 39.8 Å². The average molecular weight is 1780 g/mol. The van der Waals surface area contributed by atoms with Crippen molar-refractivity contribution < 1.29 is 116 Å². The Morgan fingerprint density at radius 1 is 0.532 bits per heavy atom. The fourth-order valence-electron chi connectivity index (χ4n) is 13.2. The number of aliphatic carboxylic acids is 2. The number of nitrogens with one attached hydrogen (secondary N) is 17. The predicted octanol–water partition coefficient (Wildman–Crippen LogP) is -11.5. The second-order valence-electron chi connectivity index (χ2n) is 30.6. The Balaban J connectivity index is 1.38. The molecule has 4 rings (SSSR count). The highest BCUT2D eigenvalue weighted by atomic mass is 32.1. The fraction of sp³-hybridized carbons (Fsp3) is 0.676. The zero-order valence-corrected chi connectivity index (χ0v) is 71.1. The number of H-pyrrole nitrogens is 1. The van der Waals surface area contributed by atoms with Crippen molar-refractivity contribution >= 4 is 137 Å². The number of aliphatic imine (C=N–C) groups is 1. The standard InChI is InChI=1S/C74H121N25O24S/c1-8-36(4)57(72(121)99-24-14-19-50(99)67(116)90-42(17-12-22-81-74(77)78)60(109)84-31-53(104)88-45(26-51(76)102)65(114)93-47(32-100)66(115)91-46(27-55(106)107)64(113)86-37(5)59(108)87-38(6)73(122)123)96-69(118)56(35(2)3)95-54(105)30-82-52(103)29-83-61(110)44(25-40-28-79-34-85-40)92-68(117)49-18-13-23-98(49)71(120)48(33-124)94-70(119)58(39(7)101)97-63(112)43(15-9-10-20-75)89-62(111)41-16-11-21-80-41/h28,34-39,41-50,56-58,80,100-101,124H,8-27,29-33,75H2,1-7H3,(H2,76,102)(H,79,85)(H,82,103)(H,83,110)(H,84,109)(H,86,113)(H,87,108)(H,88,104)(H,89,111)(H,90,116)(H,91,115)(H,92,117)(H,93,114)(H,94,119)(H,95,105)(H,96,118)(H,97,112)(H,106,107)(H,122,123)(H4,77,78,81)/t36-,37-,38-,39+,41-,42-,43-,44-,45-,46-,47-,48-,49-,50-,56-,57-,58-/m0/s1. The van der Waals surface area contributed by atoms with Crippen LogP contribution in [0.4, 0.5) is 0 Å². The van der Waals surface area contributed by atoms with Crippen LogP contribution >= 0.6 is 12.6 Å². The Morgan fingerprint density at radius 2 is 1.05 bits per heavy atom. The highest BCUT2D eigenvalue weighted by Crippen LogP contribution is 2.24. The maximum absolute atomic E-state index is 14.7. The Morgan fingerprint density at radius 3 is 1.60 bits per heavy atom. The second kappa shape index (κ2) is 52.5. The monoisotopic (exact) mass is 1780 g/mol. The molecular weight excluding hydrogens is 1660 g/mol. The Bertz CT molecular complexity index is 3940. The van der Waals surface area contributed by atoms with Crippen LogP contribution < -0.4 is 108 Å². The van der Waals surface area contributed by atoms with E-state index in [1.54, 1.807) is 27.7 Å². The molecule has 3 aliphatic rings. The summed E-state index contributed by atoms with van der Waals surface area (Å²) in [4.78, 5) is 281. The molecule has 1 aromatic heterocycles. The molecular formula is C74H121N25O24S. The number of likely N-dealkylation sites (tertiary alicyclic amines) is 2. The quantitative estimate of drug-likeness (QED) is 0.0125. The minimum absolute atomic E-state index is 0.0131. The van der Waals surface area contributed by atoms with Gasteiger partial charge in [0.15, 0.2) is 5.96 Å². The maximum Gasteiger partial charge on any atom is 0.325 e. The van der Waals surface area contributed by atoms with E-state index in [2.05, 4.69) is 102 Å². The molecule has 0 spiro atoms. The molecule has 3 saturated heterocycles. The number of aromatic nitrogens is 2. The summed E-state index contributed by atoms with van der Waals surface area (Å²) in [5, 5.41) is 78.2. The molecule has 0 saturated carbocycles. The number of hydrogen-bond donors (Lipinski definition) is 26. The molecule has 692 valence electrons. The number of carbonyl (C=O) groups is 20. The van der Waals surface area contributed by atoms with Gasteiger partial charge in [0, 0.05) is 43.7 Å². The summed E-state index contributed by atoms with van der Waals surface area (Å²) in [6.45, 7) is 7.22. The molecule has 49 nitrogen and oxygen atoms in total. The largest absolute Gasteiger partial charge is 0.481 e. The third kappa shape index (κ3) is 34.4. The van der Waals surface area contributed by atoms with Crippen molar-refractivity contribution in [3.63, 3.8) is 0 Å². The van der Waals surface area contributed by atoms with E-state index in [-0.39, 0.29) is 76.3 Å². The van der Waals surface area contributed by atoms with Gasteiger partial charge >= 0.3 is 11.9 Å². The molecule has 18 amide bonds. The van der Waals surface area contributed by atoms with Gasteiger partial charge in [-0.15, -0.1) is 0 Å². The van der Waals surface area contributed by atoms with Gasteiger partial charge < -0.3 is 143 Å². The van der Waals surface area contributed by atoms with Crippen molar-refractivity contribution in [2.45, 2.75) is 242 Å². The van der Waals surface area contributed by atoms with E-state index in [0.29, 0.717) is 50.9 Å². The van der Waals surface area contributed by atoms with Crippen LogP contribution in [-0.4, -0.2) is 326 Å². The maximum atomic E-state index is 14.7. The van der Waals surface area contributed by atoms with E-state index >= 15 is 0 Å². The number of aliphatic hydroxyl groups excluding tert-OH is 2. The number of imidazole rings is 1. The number of unbranched alkanes of at least 4 members (excludes halogenated alkanes) is 1. The number of hydrogen-bond acceptors (Lipinski definition) is 27. The topological polar surface area (TPSA) is 766 Å². The van der Waals surface area contributed by atoms with E-state index in [4.69, 9.17) is 28.0 Å². The number of nitrogens with zero attached hydrogens (tertiary/aromatic N) is 4. The zero-order valence-electron chi connectivity index (χ0n) is 70.2. The van der Waals surface area contributed by atoms with Crippen LogP contribution in [0, 0.1) is 11.8 Å². The van der Waals surface area contributed by atoms with Gasteiger partial charge in [0.05, 0.1) is 57.6 Å². The summed E-state index contributed by atoms with van der Waals surface area (Å²) >= 11 is 4.30. The van der Waals surface area contributed by atoms with Gasteiger partial charge in [0.25, 0.3) is 0 Å². The molecule has 0 radical (unpaired) electrons. The summed E-state index contributed by atoms with van der Waals surface area (Å²) in [6.07, 6.45) is 2.24. The molecule has 0 unspecified atom stereocenters. The number of amides is 18. The third-order valence-electron chi connectivity index (χ3n) is 20.4. The summed E-state index contributed by atoms with van der Waals surface area (Å²) in [5.74, 6) is -22.1. The third-order valence-corrected chi connectivity index (χ3v) is 20.7. The summed E-state index contributed by atoms with van der Waals surface area (Å²) in [6, 6.07) is -21.5. The first kappa shape index (κ1) is 104. The number of primary amides is 1. The number of aromatic amines is 1. The number of aliphatic hydroxyl groups is 2. The molecule has 3 aliphatic heterocycles. The normalized spacial score (nSPS) is 18.1. The first-order chi connectivity index (χ1) is 58.5. The second-order valence-corrected chi connectivity index (χ2v) is 30.9. The molecule has 0 aromatic carbocycles. The summed E-state index contributed by atoms with van der Waals surface area (Å²) < 4.78 is 0. The van der Waals surface area contributed by atoms with E-state index in [9.17, 15) is 111 Å². The Kier molecular flexibility index (Phi) is 44.2. The molecule has 4 heterocycles. The van der Waals surface area contributed by atoms with E-state index < -0.39 is 266 Å². The number of carboxylic acids is 2. The Hall–Kier alpha value is -11.9. The first-order valence-corrected chi connectivity index (χ1v) is 41.3. The van der Waals surface area contributed by atoms with Crippen molar-refractivity contribution in [3.8, 4) is 0 Å². The van der Waals surface area contributed by atoms with Crippen LogP contribution in [0.15, 0.2) is 17.5 Å². The lowest BCUT2D eigenvalue weighted by Crippen LogP contribution is -2.61. The van der Waals surface area contributed by atoms with Crippen LogP contribution in [0.2, 0.25) is 0 Å². The van der Waals surface area contributed by atoms with Gasteiger partial charge in [-0.3, -0.25) is 101 Å². The van der Waals surface area contributed by atoms with E-state index in [1.165, 1.54) is 29.2 Å². The van der Waals surface area contributed by atoms with Gasteiger partial charge in [-0.05, 0) is 116 Å². The molecule has 1 aromatic rings. The number of thiol groups is 1. The lowest BCUT2D eigenvalue weighted by atomic mass is 9.95. The molecule has 3 fully saturated rings. The van der Waals surface area contributed by atoms with Crippen LogP contribution in [0.3, 0.4) is 0 Å². The van der Waals surface area contributed by atoms with Crippen molar-refractivity contribution in [2.75, 3.05) is 64.7 Å². The zero-order chi connectivity index (χ0) is 92.8. The predicted molar refractivity (Wildman–Crippen MR) is 440 cm³/mol. The van der Waals surface area contributed by atoms with Crippen molar-refractivity contribution in [1.82, 2.24) is 105 Å². The molecule has 29 N–H and O–H groups in total. The van der Waals surface area contributed by atoms with Gasteiger partial charge in [-0.2, -0.15) is 12.6 Å². The molecule has 17 atom stereocenters. The molecule has 0 bridgehead atoms. The van der Waals surface area contributed by atoms with E-state index in [1.807, 2.05) is 10.6 Å². The molecule has 0 aliphatic carbocycles. The van der Waals surface area contributed by atoms with Crippen LogP contribution in [-0.2, 0) is 102 Å². The highest BCUT2D eigenvalue weighted by Gasteiger charge is 2.44. The highest BCUT2D eigenvalue weighted by molar-refractivity contribution is 7.80. The number of rotatable bonds is 53. The summed E-state index contributed by atoms with van der Waals surface area (Å²) in [5.41, 5.74) is 22.4. The minimum Gasteiger partial charge on any atom is -0.481 e. The van der Waals surface area contributed by atoms with Crippen LogP contribution in [0.5, 0.6) is 0 Å². The fourth-order valence-corrected chi connectivity index (χ4v) is 13.5. The average Bonchev–Trinajstić information content (AvgIpc) is 1.64. The first-order valence-electron chi connectivity index (χ1n) is 40.7. The van der Waals surface area contributed by atoms with Crippen molar-refractivity contribution in [1.29, 1.82) is 0 Å². The molecule has 124 heavy (non-hydrogen) atoms. The lowest BCUT2D eigenvalue weighted by Gasteiger charge is -2.33. The number of nitrogens with two attached hydrogens (primary N) is 4. The van der Waals surface area contributed by atoms with Gasteiger partial charge in [0.2, 0.25) is 106 Å². The Labute approximate surface area is 719 Å². The number of guanidine groups is 1. The smallest absolute Gasteiger partial charge is 0.325 e. The van der Waals surface area contributed by atoms with E-state index in [0.717, 1.165) is 20.3 Å². The lowest BCUT2D eigenvalue weighted by molar-refractivity contribution is -0.143. The van der Waals surface area contributed by atoms with Crippen LogP contribution in [0.1, 0.15) is 144 Å². The minimum atomic E-state index is -2.02. The summed E-state index contributed by atoms with van der Waals surface area (Å²) in [7, 11) is 0. The van der Waals surface area contributed by atoms with Gasteiger partial charge in [-0.25, -0.2) is 4.98 Å². The number of carbonyl (C=O) groups excluding carboxylic acids is 18. The van der Waals surface area contributed by atoms with Crippen molar-refractivity contribution in [3.05, 3.63) is 18.2 Å².